The molecular formula is C28H33Cl3N2O4. The van der Waals surface area contributed by atoms with E-state index in [1.165, 1.54) is 9.80 Å². The number of anilines is 1. The Morgan fingerprint density at radius 1 is 0.919 bits per heavy atom. The normalized spacial score (nSPS) is 21.3. The summed E-state index contributed by atoms with van der Waals surface area (Å²) < 4.78 is 0. The largest absolute Gasteiger partial charge is 0.465 e. The second-order valence-electron chi connectivity index (χ2n) is 12.1. The Balaban J connectivity index is 2.17. The van der Waals surface area contributed by atoms with Crippen LogP contribution in [0, 0.1) is 16.2 Å². The lowest BCUT2D eigenvalue weighted by Gasteiger charge is -2.58. The minimum absolute atomic E-state index is 0.229. The highest BCUT2D eigenvalue weighted by atomic mass is 35.5. The topological polar surface area (TPSA) is 81.1 Å². The maximum atomic E-state index is 12.8. The third kappa shape index (κ3) is 4.25. The Hall–Kier alpha value is -2.15. The van der Waals surface area contributed by atoms with E-state index < -0.39 is 34.5 Å². The molecule has 6 nitrogen and oxygen atoms in total. The zero-order chi connectivity index (χ0) is 27.7. The third-order valence-electron chi connectivity index (χ3n) is 8.48. The van der Waals surface area contributed by atoms with Gasteiger partial charge in [-0.2, -0.15) is 0 Å². The van der Waals surface area contributed by atoms with E-state index in [0.29, 0.717) is 38.3 Å². The van der Waals surface area contributed by atoms with E-state index in [2.05, 4.69) is 41.5 Å². The van der Waals surface area contributed by atoms with Crippen LogP contribution in [0.4, 0.5) is 15.3 Å². The standard InChI is InChI=1S/C28H33Cl3N2O4/c1-26(2,3)28(27(4,5)6)14-32(24(34)35)12-11-20-23(28)22-19(33(20)25(36)37)10-9-17(30)21(22)16-8-7-15(29)13-18(16)31/h7-10,13,20,23H,11-12,14H2,1-6H3,(H,34,35)(H,36,37). The fourth-order valence-corrected chi connectivity index (χ4v) is 7.94. The predicted molar refractivity (Wildman–Crippen MR) is 149 cm³/mol. The minimum Gasteiger partial charge on any atom is -0.465 e. The van der Waals surface area contributed by atoms with Crippen molar-refractivity contribution in [2.45, 2.75) is 59.9 Å². The summed E-state index contributed by atoms with van der Waals surface area (Å²) in [4.78, 5) is 28.1. The van der Waals surface area contributed by atoms with Gasteiger partial charge < -0.3 is 15.1 Å². The number of fused-ring (bicyclic) bond motifs is 3. The van der Waals surface area contributed by atoms with Crippen LogP contribution in [0.15, 0.2) is 30.3 Å². The van der Waals surface area contributed by atoms with Crippen molar-refractivity contribution in [2.24, 2.45) is 16.2 Å². The molecule has 2 unspecified atom stereocenters. The average molecular weight is 568 g/mol. The van der Waals surface area contributed by atoms with Crippen molar-refractivity contribution in [3.05, 3.63) is 51.0 Å². The van der Waals surface area contributed by atoms with Crippen molar-refractivity contribution >= 4 is 52.7 Å². The molecule has 2 aliphatic rings. The van der Waals surface area contributed by atoms with Gasteiger partial charge in [0.1, 0.15) is 0 Å². The van der Waals surface area contributed by atoms with Gasteiger partial charge in [0.15, 0.2) is 0 Å². The third-order valence-corrected chi connectivity index (χ3v) is 9.34. The molecule has 37 heavy (non-hydrogen) atoms. The first-order chi connectivity index (χ1) is 17.0. The Labute approximate surface area is 233 Å². The molecule has 9 heteroatoms. The maximum absolute atomic E-state index is 12.8. The number of hydrogen-bond acceptors (Lipinski definition) is 2. The summed E-state index contributed by atoms with van der Waals surface area (Å²) in [5.41, 5.74) is 1.14. The number of halogens is 3. The highest BCUT2D eigenvalue weighted by Gasteiger charge is 2.64. The van der Waals surface area contributed by atoms with Crippen LogP contribution in [0.5, 0.6) is 0 Å². The van der Waals surface area contributed by atoms with Crippen molar-refractivity contribution in [3.63, 3.8) is 0 Å². The highest BCUT2D eigenvalue weighted by molar-refractivity contribution is 6.38. The van der Waals surface area contributed by atoms with E-state index >= 15 is 0 Å². The molecule has 2 heterocycles. The van der Waals surface area contributed by atoms with Gasteiger partial charge in [0, 0.05) is 56.7 Å². The summed E-state index contributed by atoms with van der Waals surface area (Å²) in [5, 5.41) is 22.0. The van der Waals surface area contributed by atoms with Gasteiger partial charge in [-0.05, 0) is 47.1 Å². The first-order valence-electron chi connectivity index (χ1n) is 12.3. The molecule has 0 aliphatic carbocycles. The molecule has 200 valence electrons. The number of nitrogens with zero attached hydrogens (tertiary/aromatic N) is 2. The average Bonchev–Trinajstić information content (AvgIpc) is 2.94. The van der Waals surface area contributed by atoms with Gasteiger partial charge in [-0.1, -0.05) is 82.4 Å². The van der Waals surface area contributed by atoms with E-state index in [0.717, 1.165) is 5.56 Å². The summed E-state index contributed by atoms with van der Waals surface area (Å²) in [7, 11) is 0. The van der Waals surface area contributed by atoms with Crippen LogP contribution in [0.2, 0.25) is 15.1 Å². The molecule has 0 bridgehead atoms. The Bertz CT molecular complexity index is 1250. The van der Waals surface area contributed by atoms with Crippen LogP contribution in [0.25, 0.3) is 11.1 Å². The van der Waals surface area contributed by atoms with Gasteiger partial charge in [-0.25, -0.2) is 9.59 Å². The number of hydrogen-bond donors (Lipinski definition) is 2. The molecule has 0 aromatic heterocycles. The first kappa shape index (κ1) is 27.9. The molecule has 0 radical (unpaired) electrons. The van der Waals surface area contributed by atoms with E-state index in [9.17, 15) is 19.8 Å². The van der Waals surface area contributed by atoms with Gasteiger partial charge >= 0.3 is 12.2 Å². The minimum atomic E-state index is -1.08. The maximum Gasteiger partial charge on any atom is 0.412 e. The number of likely N-dealkylation sites (tertiary alicyclic amines) is 1. The SMILES string of the molecule is CC(C)(C)C1(C(C)(C)C)CN(C(=O)O)CCC2C1c1c(ccc(Cl)c1-c1ccc(Cl)cc1Cl)N2C(=O)O. The molecule has 2 aromatic rings. The molecule has 2 aliphatic heterocycles. The Morgan fingerprint density at radius 3 is 2.05 bits per heavy atom. The molecule has 1 saturated heterocycles. The van der Waals surface area contributed by atoms with Crippen LogP contribution in [-0.4, -0.2) is 46.4 Å². The van der Waals surface area contributed by atoms with Crippen molar-refractivity contribution in [1.29, 1.82) is 0 Å². The zero-order valence-electron chi connectivity index (χ0n) is 21.9. The zero-order valence-corrected chi connectivity index (χ0v) is 24.2. The van der Waals surface area contributed by atoms with Crippen molar-refractivity contribution in [2.75, 3.05) is 18.0 Å². The molecular weight excluding hydrogens is 535 g/mol. The summed E-state index contributed by atoms with van der Waals surface area (Å²) in [6.45, 7) is 13.2. The first-order valence-corrected chi connectivity index (χ1v) is 13.4. The molecule has 0 saturated carbocycles. The van der Waals surface area contributed by atoms with Crippen molar-refractivity contribution < 1.29 is 19.8 Å². The van der Waals surface area contributed by atoms with Crippen LogP contribution in [0.3, 0.4) is 0 Å². The number of rotatable bonds is 1. The Kier molecular flexibility index (Phi) is 6.97. The van der Waals surface area contributed by atoms with Crippen LogP contribution >= 0.6 is 34.8 Å². The number of carboxylic acid groups (broad SMARTS) is 2. The van der Waals surface area contributed by atoms with E-state index in [1.54, 1.807) is 30.3 Å². The fourth-order valence-electron chi connectivity index (χ4n) is 7.17. The lowest BCUT2D eigenvalue weighted by Crippen LogP contribution is -2.58. The van der Waals surface area contributed by atoms with Gasteiger partial charge in [-0.3, -0.25) is 4.90 Å². The van der Waals surface area contributed by atoms with Crippen LogP contribution in [-0.2, 0) is 0 Å². The van der Waals surface area contributed by atoms with Gasteiger partial charge in [0.25, 0.3) is 0 Å². The lowest BCUT2D eigenvalue weighted by molar-refractivity contribution is -0.0719. The monoisotopic (exact) mass is 566 g/mol. The number of carbonyl (C=O) groups is 2. The smallest absolute Gasteiger partial charge is 0.412 e. The summed E-state index contributed by atoms with van der Waals surface area (Å²) in [6.07, 6.45) is -1.73. The highest BCUT2D eigenvalue weighted by Crippen LogP contribution is 2.67. The molecule has 4 rings (SSSR count). The molecule has 1 fully saturated rings. The number of benzene rings is 2. The van der Waals surface area contributed by atoms with E-state index in [1.807, 2.05) is 0 Å². The molecule has 0 spiro atoms. The summed E-state index contributed by atoms with van der Waals surface area (Å²) >= 11 is 19.8. The van der Waals surface area contributed by atoms with Crippen LogP contribution in [0.1, 0.15) is 59.4 Å². The van der Waals surface area contributed by atoms with Crippen LogP contribution < -0.4 is 4.90 Å². The Morgan fingerprint density at radius 2 is 1.54 bits per heavy atom. The molecule has 2 atom stereocenters. The van der Waals surface area contributed by atoms with Gasteiger partial charge in [-0.15, -0.1) is 0 Å². The van der Waals surface area contributed by atoms with Gasteiger partial charge in [0.2, 0.25) is 0 Å². The molecule has 2 aromatic carbocycles. The quantitative estimate of drug-likeness (QED) is 0.361. The van der Waals surface area contributed by atoms with E-state index in [-0.39, 0.29) is 19.0 Å². The van der Waals surface area contributed by atoms with Crippen molar-refractivity contribution in [3.8, 4) is 11.1 Å². The predicted octanol–water partition coefficient (Wildman–Crippen LogP) is 8.73. The molecule has 2 N–H and O–H groups in total. The number of amides is 2. The second-order valence-corrected chi connectivity index (χ2v) is 13.4. The van der Waals surface area contributed by atoms with Crippen molar-refractivity contribution in [1.82, 2.24) is 4.90 Å². The van der Waals surface area contributed by atoms with Gasteiger partial charge in [0.05, 0.1) is 5.69 Å². The second kappa shape index (κ2) is 9.25. The van der Waals surface area contributed by atoms with E-state index in [4.69, 9.17) is 34.8 Å². The fraction of sp³-hybridized carbons (Fsp3) is 0.500. The lowest BCUT2D eigenvalue weighted by atomic mass is 9.46. The summed E-state index contributed by atoms with van der Waals surface area (Å²) in [5.74, 6) is -0.358. The summed E-state index contributed by atoms with van der Waals surface area (Å²) in [6, 6.07) is 8.18. The molecule has 2 amide bonds.